The standard InChI is InChI=1S/C20H18N4O4/c1-13(19(26)22-16-7-5-14(6-8-16)20(27)28-2)24-18(25)10-9-17(23-24)15-4-3-11-21-12-15/h3-13H,1-2H3,(H,22,26). The first-order valence-corrected chi connectivity index (χ1v) is 8.49. The zero-order valence-electron chi connectivity index (χ0n) is 15.3. The van der Waals surface area contributed by atoms with E-state index < -0.39 is 23.5 Å². The third kappa shape index (κ3) is 4.12. The Kier molecular flexibility index (Phi) is 5.59. The van der Waals surface area contributed by atoms with Crippen molar-refractivity contribution < 1.29 is 14.3 Å². The van der Waals surface area contributed by atoms with Gasteiger partial charge in [-0.15, -0.1) is 0 Å². The molecule has 2 heterocycles. The van der Waals surface area contributed by atoms with E-state index in [9.17, 15) is 14.4 Å². The predicted molar refractivity (Wildman–Crippen MR) is 103 cm³/mol. The molecule has 1 N–H and O–H groups in total. The zero-order chi connectivity index (χ0) is 20.1. The Balaban J connectivity index is 1.79. The monoisotopic (exact) mass is 378 g/mol. The van der Waals surface area contributed by atoms with Crippen LogP contribution in [0.3, 0.4) is 0 Å². The van der Waals surface area contributed by atoms with E-state index in [0.717, 1.165) is 10.2 Å². The molecule has 0 saturated heterocycles. The summed E-state index contributed by atoms with van der Waals surface area (Å²) in [6.07, 6.45) is 3.27. The number of hydrogen-bond acceptors (Lipinski definition) is 6. The van der Waals surface area contributed by atoms with E-state index in [-0.39, 0.29) is 0 Å². The Hall–Kier alpha value is -3.81. The van der Waals surface area contributed by atoms with Gasteiger partial charge in [-0.25, -0.2) is 9.48 Å². The molecule has 0 aliphatic rings. The molecule has 142 valence electrons. The molecule has 0 bridgehead atoms. The van der Waals surface area contributed by atoms with E-state index in [1.165, 1.54) is 13.2 Å². The lowest BCUT2D eigenvalue weighted by Gasteiger charge is -2.15. The number of carbonyl (C=O) groups excluding carboxylic acids is 2. The zero-order valence-corrected chi connectivity index (χ0v) is 15.3. The maximum absolute atomic E-state index is 12.6. The molecule has 0 spiro atoms. The second-order valence-corrected chi connectivity index (χ2v) is 5.98. The fraction of sp³-hybridized carbons (Fsp3) is 0.150. The Labute approximate surface area is 160 Å². The number of methoxy groups -OCH3 is 1. The van der Waals surface area contributed by atoms with E-state index in [2.05, 4.69) is 20.1 Å². The smallest absolute Gasteiger partial charge is 0.337 e. The molecule has 8 heteroatoms. The number of amides is 1. The number of aromatic nitrogens is 3. The van der Waals surface area contributed by atoms with Gasteiger partial charge in [-0.05, 0) is 49.4 Å². The van der Waals surface area contributed by atoms with Gasteiger partial charge in [-0.3, -0.25) is 14.6 Å². The van der Waals surface area contributed by atoms with Crippen LogP contribution in [-0.4, -0.2) is 33.8 Å². The highest BCUT2D eigenvalue weighted by Crippen LogP contribution is 2.16. The summed E-state index contributed by atoms with van der Waals surface area (Å²) in [5.74, 6) is -0.877. The van der Waals surface area contributed by atoms with Crippen LogP contribution in [0.4, 0.5) is 5.69 Å². The van der Waals surface area contributed by atoms with Crippen LogP contribution in [0.5, 0.6) is 0 Å². The van der Waals surface area contributed by atoms with Crippen molar-refractivity contribution in [3.8, 4) is 11.3 Å². The highest BCUT2D eigenvalue weighted by Gasteiger charge is 2.18. The fourth-order valence-electron chi connectivity index (χ4n) is 2.54. The molecule has 3 rings (SSSR count). The lowest BCUT2D eigenvalue weighted by Crippen LogP contribution is -2.33. The number of esters is 1. The Bertz CT molecular complexity index is 1050. The minimum atomic E-state index is -0.843. The SMILES string of the molecule is COC(=O)c1ccc(NC(=O)C(C)n2nc(-c3cccnc3)ccc2=O)cc1. The van der Waals surface area contributed by atoms with Crippen LogP contribution in [0.1, 0.15) is 23.3 Å². The Morgan fingerprint density at radius 1 is 1.11 bits per heavy atom. The fourth-order valence-corrected chi connectivity index (χ4v) is 2.54. The summed E-state index contributed by atoms with van der Waals surface area (Å²) >= 11 is 0. The summed E-state index contributed by atoms with van der Waals surface area (Å²) in [6.45, 7) is 1.58. The number of hydrogen-bond donors (Lipinski definition) is 1. The van der Waals surface area contributed by atoms with Crippen LogP contribution in [0.25, 0.3) is 11.3 Å². The largest absolute Gasteiger partial charge is 0.465 e. The number of nitrogens with zero attached hydrogens (tertiary/aromatic N) is 3. The molecule has 1 aromatic carbocycles. The summed E-state index contributed by atoms with van der Waals surface area (Å²) < 4.78 is 5.76. The van der Waals surface area contributed by atoms with Gasteiger partial charge in [0.15, 0.2) is 0 Å². The number of pyridine rings is 1. The van der Waals surface area contributed by atoms with Crippen molar-refractivity contribution in [2.24, 2.45) is 0 Å². The van der Waals surface area contributed by atoms with E-state index in [1.807, 2.05) is 6.07 Å². The Morgan fingerprint density at radius 3 is 2.50 bits per heavy atom. The van der Waals surface area contributed by atoms with Crippen molar-refractivity contribution in [2.75, 3.05) is 12.4 Å². The van der Waals surface area contributed by atoms with Crippen LogP contribution in [0.15, 0.2) is 65.7 Å². The summed E-state index contributed by atoms with van der Waals surface area (Å²) in [5.41, 5.74) is 1.74. The maximum atomic E-state index is 12.6. The molecule has 1 amide bonds. The second kappa shape index (κ2) is 8.26. The normalized spacial score (nSPS) is 11.5. The van der Waals surface area contributed by atoms with Crippen molar-refractivity contribution >= 4 is 17.6 Å². The van der Waals surface area contributed by atoms with Crippen molar-refractivity contribution in [1.29, 1.82) is 0 Å². The summed E-state index contributed by atoms with van der Waals surface area (Å²) in [4.78, 5) is 40.3. The molecule has 8 nitrogen and oxygen atoms in total. The van der Waals surface area contributed by atoms with Crippen LogP contribution >= 0.6 is 0 Å². The molecule has 28 heavy (non-hydrogen) atoms. The van der Waals surface area contributed by atoms with Gasteiger partial charge in [0.05, 0.1) is 18.4 Å². The number of rotatable bonds is 5. The Morgan fingerprint density at radius 2 is 1.86 bits per heavy atom. The van der Waals surface area contributed by atoms with Gasteiger partial charge in [-0.1, -0.05) is 0 Å². The number of benzene rings is 1. The average molecular weight is 378 g/mol. The van der Waals surface area contributed by atoms with Gasteiger partial charge in [-0.2, -0.15) is 5.10 Å². The number of anilines is 1. The summed E-state index contributed by atoms with van der Waals surface area (Å²) in [5, 5.41) is 7.00. The molecule has 3 aromatic rings. The molecule has 0 fully saturated rings. The van der Waals surface area contributed by atoms with Gasteiger partial charge >= 0.3 is 5.97 Å². The van der Waals surface area contributed by atoms with Crippen LogP contribution in [-0.2, 0) is 9.53 Å². The molecular formula is C20H18N4O4. The minimum Gasteiger partial charge on any atom is -0.465 e. The highest BCUT2D eigenvalue weighted by atomic mass is 16.5. The predicted octanol–water partition coefficient (Wildman–Crippen LogP) is 2.29. The van der Waals surface area contributed by atoms with Gasteiger partial charge in [0.25, 0.3) is 5.56 Å². The first-order valence-electron chi connectivity index (χ1n) is 8.49. The van der Waals surface area contributed by atoms with Crippen LogP contribution < -0.4 is 10.9 Å². The molecule has 1 unspecified atom stereocenters. The van der Waals surface area contributed by atoms with E-state index in [0.29, 0.717) is 16.9 Å². The second-order valence-electron chi connectivity index (χ2n) is 5.98. The first kappa shape index (κ1) is 19.0. The van der Waals surface area contributed by atoms with Crippen molar-refractivity contribution in [3.63, 3.8) is 0 Å². The number of nitrogens with one attached hydrogen (secondary N) is 1. The lowest BCUT2D eigenvalue weighted by atomic mass is 10.2. The van der Waals surface area contributed by atoms with Crippen molar-refractivity contribution in [3.05, 3.63) is 76.8 Å². The van der Waals surface area contributed by atoms with Crippen molar-refractivity contribution in [1.82, 2.24) is 14.8 Å². The topological polar surface area (TPSA) is 103 Å². The molecule has 1 atom stereocenters. The molecule has 0 aliphatic heterocycles. The average Bonchev–Trinajstić information content (AvgIpc) is 2.74. The van der Waals surface area contributed by atoms with E-state index >= 15 is 0 Å². The first-order chi connectivity index (χ1) is 13.5. The molecular weight excluding hydrogens is 360 g/mol. The maximum Gasteiger partial charge on any atom is 0.337 e. The lowest BCUT2D eigenvalue weighted by molar-refractivity contribution is -0.119. The summed E-state index contributed by atoms with van der Waals surface area (Å²) in [6, 6.07) is 11.9. The van der Waals surface area contributed by atoms with Gasteiger partial charge in [0, 0.05) is 29.7 Å². The summed E-state index contributed by atoms with van der Waals surface area (Å²) in [7, 11) is 1.30. The van der Waals surface area contributed by atoms with Gasteiger partial charge < -0.3 is 10.1 Å². The molecule has 0 saturated carbocycles. The number of ether oxygens (including phenoxy) is 1. The third-order valence-electron chi connectivity index (χ3n) is 4.10. The van der Waals surface area contributed by atoms with E-state index in [1.54, 1.807) is 55.7 Å². The highest BCUT2D eigenvalue weighted by molar-refractivity contribution is 5.94. The van der Waals surface area contributed by atoms with Crippen molar-refractivity contribution in [2.45, 2.75) is 13.0 Å². The van der Waals surface area contributed by atoms with E-state index in [4.69, 9.17) is 0 Å². The molecule has 0 radical (unpaired) electrons. The minimum absolute atomic E-state index is 0.371. The number of carbonyl (C=O) groups is 2. The van der Waals surface area contributed by atoms with Gasteiger partial charge in [0.2, 0.25) is 5.91 Å². The molecule has 2 aromatic heterocycles. The quantitative estimate of drug-likeness (QED) is 0.683. The van der Waals surface area contributed by atoms with Crippen LogP contribution in [0.2, 0.25) is 0 Å². The van der Waals surface area contributed by atoms with Crippen LogP contribution in [0, 0.1) is 0 Å². The van der Waals surface area contributed by atoms with Gasteiger partial charge in [0.1, 0.15) is 6.04 Å². The molecule has 0 aliphatic carbocycles. The third-order valence-corrected chi connectivity index (χ3v) is 4.10.